The summed E-state index contributed by atoms with van der Waals surface area (Å²) in [5, 5.41) is 5.61. The zero-order valence-electron chi connectivity index (χ0n) is 8.24. The molecule has 0 atom stereocenters. The van der Waals surface area contributed by atoms with E-state index < -0.39 is 6.03 Å². The van der Waals surface area contributed by atoms with E-state index in [0.29, 0.717) is 16.6 Å². The summed E-state index contributed by atoms with van der Waals surface area (Å²) in [5.41, 5.74) is 0.549. The van der Waals surface area contributed by atoms with Gasteiger partial charge in [-0.2, -0.15) is 0 Å². The number of carbonyl (C=O) groups is 1. The van der Waals surface area contributed by atoms with Gasteiger partial charge in [-0.05, 0) is 18.2 Å². The van der Waals surface area contributed by atoms with Crippen molar-refractivity contribution in [1.29, 1.82) is 0 Å². The van der Waals surface area contributed by atoms with Gasteiger partial charge in [0.1, 0.15) is 0 Å². The molecule has 0 saturated carbocycles. The van der Waals surface area contributed by atoms with Crippen molar-refractivity contribution < 1.29 is 9.21 Å². The Morgan fingerprint density at radius 2 is 1.94 bits per heavy atom. The van der Waals surface area contributed by atoms with Crippen molar-refractivity contribution in [2.75, 3.05) is 10.6 Å². The lowest BCUT2D eigenvalue weighted by Gasteiger charge is -2.06. The van der Waals surface area contributed by atoms with Crippen LogP contribution in [0.5, 0.6) is 0 Å². The number of amides is 2. The first-order valence-electron chi connectivity index (χ1n) is 4.62. The zero-order valence-corrected chi connectivity index (χ0v) is 8.99. The van der Waals surface area contributed by atoms with Gasteiger partial charge in [0.2, 0.25) is 5.88 Å². The fraction of sp³-hybridized carbons (Fsp3) is 0. The molecule has 82 valence electrons. The molecule has 1 aromatic heterocycles. The third-order valence-corrected chi connectivity index (χ3v) is 2.21. The molecule has 0 aliphatic carbocycles. The van der Waals surface area contributed by atoms with Crippen LogP contribution < -0.4 is 10.6 Å². The second-order valence-electron chi connectivity index (χ2n) is 3.04. The molecule has 2 amide bonds. The number of carbonyl (C=O) groups excluding carboxylic acids is 1. The minimum absolute atomic E-state index is 0.379. The normalized spacial score (nSPS) is 9.81. The van der Waals surface area contributed by atoms with Gasteiger partial charge in [0.25, 0.3) is 0 Å². The van der Waals surface area contributed by atoms with Gasteiger partial charge < -0.3 is 9.73 Å². The van der Waals surface area contributed by atoms with Gasteiger partial charge in [-0.1, -0.05) is 23.7 Å². The average molecular weight is 237 g/mol. The van der Waals surface area contributed by atoms with Crippen molar-refractivity contribution in [2.24, 2.45) is 0 Å². The lowest BCUT2D eigenvalue weighted by Crippen LogP contribution is -2.19. The second kappa shape index (κ2) is 4.72. The van der Waals surface area contributed by atoms with Crippen LogP contribution in [0.3, 0.4) is 0 Å². The van der Waals surface area contributed by atoms with E-state index >= 15 is 0 Å². The quantitative estimate of drug-likeness (QED) is 0.837. The molecule has 0 spiro atoms. The maximum absolute atomic E-state index is 11.5. The van der Waals surface area contributed by atoms with Gasteiger partial charge in [0.15, 0.2) is 0 Å². The third-order valence-electron chi connectivity index (χ3n) is 1.88. The second-order valence-corrected chi connectivity index (χ2v) is 3.44. The van der Waals surface area contributed by atoms with Crippen molar-refractivity contribution in [2.45, 2.75) is 0 Å². The Morgan fingerprint density at radius 1 is 1.12 bits per heavy atom. The van der Waals surface area contributed by atoms with Crippen molar-refractivity contribution in [3.05, 3.63) is 47.7 Å². The Morgan fingerprint density at radius 3 is 2.62 bits per heavy atom. The van der Waals surface area contributed by atoms with E-state index in [9.17, 15) is 4.79 Å². The van der Waals surface area contributed by atoms with Crippen LogP contribution in [-0.4, -0.2) is 6.03 Å². The van der Waals surface area contributed by atoms with E-state index in [1.807, 2.05) is 0 Å². The summed E-state index contributed by atoms with van der Waals surface area (Å²) in [6.45, 7) is 0. The Bertz CT molecular complexity index is 482. The highest BCUT2D eigenvalue weighted by Crippen LogP contribution is 2.20. The van der Waals surface area contributed by atoms with Crippen LogP contribution in [0.2, 0.25) is 5.02 Å². The first-order chi connectivity index (χ1) is 7.75. The van der Waals surface area contributed by atoms with Crippen LogP contribution >= 0.6 is 11.6 Å². The van der Waals surface area contributed by atoms with Crippen molar-refractivity contribution in [1.82, 2.24) is 0 Å². The van der Waals surface area contributed by atoms with Crippen LogP contribution in [-0.2, 0) is 0 Å². The van der Waals surface area contributed by atoms with Gasteiger partial charge in [-0.15, -0.1) is 0 Å². The van der Waals surface area contributed by atoms with Crippen molar-refractivity contribution in [3.8, 4) is 0 Å². The molecular formula is C11H9ClN2O2. The molecule has 4 nitrogen and oxygen atoms in total. The summed E-state index contributed by atoms with van der Waals surface area (Å²) >= 11 is 5.88. The fourth-order valence-electron chi connectivity index (χ4n) is 1.18. The molecule has 0 unspecified atom stereocenters. The average Bonchev–Trinajstić information content (AvgIpc) is 2.74. The molecule has 0 aliphatic rings. The van der Waals surface area contributed by atoms with E-state index in [-0.39, 0.29) is 0 Å². The van der Waals surface area contributed by atoms with Crippen LogP contribution in [0.4, 0.5) is 16.4 Å². The number of hydrogen-bond donors (Lipinski definition) is 2. The number of para-hydroxylation sites is 1. The Balaban J connectivity index is 2.00. The van der Waals surface area contributed by atoms with Crippen molar-refractivity contribution >= 4 is 29.2 Å². The van der Waals surface area contributed by atoms with E-state index in [4.69, 9.17) is 16.0 Å². The number of halogens is 1. The Labute approximate surface area is 97.2 Å². The van der Waals surface area contributed by atoms with Gasteiger partial charge >= 0.3 is 6.03 Å². The highest BCUT2D eigenvalue weighted by Gasteiger charge is 2.05. The van der Waals surface area contributed by atoms with E-state index in [0.717, 1.165) is 0 Å². The largest absolute Gasteiger partial charge is 0.449 e. The highest BCUT2D eigenvalue weighted by molar-refractivity contribution is 6.33. The Hall–Kier alpha value is -1.94. The lowest BCUT2D eigenvalue weighted by atomic mass is 10.3. The van der Waals surface area contributed by atoms with Crippen LogP contribution in [0, 0.1) is 0 Å². The minimum Gasteiger partial charge on any atom is -0.449 e. The minimum atomic E-state index is -0.400. The van der Waals surface area contributed by atoms with Crippen LogP contribution in [0.1, 0.15) is 0 Å². The smallest absolute Gasteiger partial charge is 0.326 e. The van der Waals surface area contributed by atoms with Crippen LogP contribution in [0.25, 0.3) is 0 Å². The topological polar surface area (TPSA) is 54.3 Å². The molecule has 0 saturated heterocycles. The fourth-order valence-corrected chi connectivity index (χ4v) is 1.36. The molecule has 2 aromatic rings. The summed E-state index contributed by atoms with van der Waals surface area (Å²) in [5.74, 6) is 0.379. The number of rotatable bonds is 2. The highest BCUT2D eigenvalue weighted by atomic mass is 35.5. The molecular weight excluding hydrogens is 228 g/mol. The first-order valence-corrected chi connectivity index (χ1v) is 4.99. The van der Waals surface area contributed by atoms with E-state index in [2.05, 4.69) is 10.6 Å². The number of furan rings is 1. The molecule has 0 fully saturated rings. The summed E-state index contributed by atoms with van der Waals surface area (Å²) in [6.07, 6.45) is 1.48. The number of anilines is 2. The van der Waals surface area contributed by atoms with Gasteiger partial charge in [0.05, 0.1) is 17.0 Å². The SMILES string of the molecule is O=C(Nc1ccco1)Nc1ccccc1Cl. The molecule has 5 heteroatoms. The summed E-state index contributed by atoms with van der Waals surface area (Å²) in [4.78, 5) is 11.5. The predicted molar refractivity (Wildman–Crippen MR) is 62.8 cm³/mol. The molecule has 16 heavy (non-hydrogen) atoms. The zero-order chi connectivity index (χ0) is 11.4. The van der Waals surface area contributed by atoms with Gasteiger partial charge in [-0.25, -0.2) is 4.79 Å². The molecule has 2 rings (SSSR count). The number of nitrogens with one attached hydrogen (secondary N) is 2. The summed E-state index contributed by atoms with van der Waals surface area (Å²) in [6, 6.07) is 9.92. The monoisotopic (exact) mass is 236 g/mol. The maximum atomic E-state index is 11.5. The molecule has 0 aliphatic heterocycles. The predicted octanol–water partition coefficient (Wildman–Crippen LogP) is 3.58. The molecule has 0 bridgehead atoms. The standard InChI is InChI=1S/C11H9ClN2O2/c12-8-4-1-2-5-9(8)13-11(15)14-10-6-3-7-16-10/h1-7H,(H2,13,14,15). The third kappa shape index (κ3) is 2.55. The Kier molecular flexibility index (Phi) is 3.12. The van der Waals surface area contributed by atoms with E-state index in [1.165, 1.54) is 6.26 Å². The van der Waals surface area contributed by atoms with Crippen molar-refractivity contribution in [3.63, 3.8) is 0 Å². The molecule has 0 radical (unpaired) electrons. The van der Waals surface area contributed by atoms with Gasteiger partial charge in [-0.3, -0.25) is 5.32 Å². The lowest BCUT2D eigenvalue weighted by molar-refractivity contribution is 0.261. The first kappa shape index (κ1) is 10.6. The number of urea groups is 1. The number of benzene rings is 1. The molecule has 1 heterocycles. The summed E-state index contributed by atoms with van der Waals surface area (Å²) < 4.78 is 4.97. The van der Waals surface area contributed by atoms with Crippen LogP contribution in [0.15, 0.2) is 47.1 Å². The number of hydrogen-bond acceptors (Lipinski definition) is 2. The molecule has 2 N–H and O–H groups in total. The maximum Gasteiger partial charge on any atom is 0.326 e. The summed E-state index contributed by atoms with van der Waals surface area (Å²) in [7, 11) is 0. The molecule has 1 aromatic carbocycles. The van der Waals surface area contributed by atoms with E-state index in [1.54, 1.807) is 36.4 Å². The van der Waals surface area contributed by atoms with Gasteiger partial charge in [0, 0.05) is 6.07 Å².